The number of aromatic nitrogens is 1. The summed E-state index contributed by atoms with van der Waals surface area (Å²) in [6.45, 7) is 6.36. The van der Waals surface area contributed by atoms with Crippen molar-refractivity contribution in [3.8, 4) is 0 Å². The molecule has 2 N–H and O–H groups in total. The van der Waals surface area contributed by atoms with Gasteiger partial charge in [-0.1, -0.05) is 32.4 Å². The Morgan fingerprint density at radius 1 is 1.50 bits per heavy atom. The highest BCUT2D eigenvalue weighted by Crippen LogP contribution is 2.22. The van der Waals surface area contributed by atoms with Crippen LogP contribution < -0.4 is 5.73 Å². The molecular formula is C11H17ClN2. The quantitative estimate of drug-likeness (QED) is 0.819. The number of halogens is 1. The molecule has 2 nitrogen and oxygen atoms in total. The van der Waals surface area contributed by atoms with Crippen LogP contribution in [0.15, 0.2) is 18.3 Å². The van der Waals surface area contributed by atoms with Crippen molar-refractivity contribution < 1.29 is 0 Å². The van der Waals surface area contributed by atoms with Crippen LogP contribution in [0, 0.1) is 5.41 Å². The van der Waals surface area contributed by atoms with E-state index in [1.54, 1.807) is 6.20 Å². The molecular weight excluding hydrogens is 196 g/mol. The summed E-state index contributed by atoms with van der Waals surface area (Å²) in [5.41, 5.74) is 7.02. The number of pyridine rings is 1. The van der Waals surface area contributed by atoms with Gasteiger partial charge in [0.1, 0.15) is 0 Å². The van der Waals surface area contributed by atoms with E-state index in [9.17, 15) is 0 Å². The van der Waals surface area contributed by atoms with Crippen molar-refractivity contribution in [2.75, 3.05) is 0 Å². The van der Waals surface area contributed by atoms with Gasteiger partial charge >= 0.3 is 0 Å². The summed E-state index contributed by atoms with van der Waals surface area (Å²) in [5.74, 6) is 0. The van der Waals surface area contributed by atoms with Gasteiger partial charge in [0.25, 0.3) is 0 Å². The lowest BCUT2D eigenvalue weighted by molar-refractivity contribution is 0.317. The Hall–Kier alpha value is -0.600. The summed E-state index contributed by atoms with van der Waals surface area (Å²) in [4.78, 5) is 4.22. The Labute approximate surface area is 90.5 Å². The average molecular weight is 213 g/mol. The van der Waals surface area contributed by atoms with Gasteiger partial charge in [-0.15, -0.1) is 0 Å². The Bertz CT molecular complexity index is 304. The third kappa shape index (κ3) is 2.96. The van der Waals surface area contributed by atoms with E-state index in [2.05, 4.69) is 25.8 Å². The summed E-state index contributed by atoms with van der Waals surface area (Å²) < 4.78 is 0. The maximum Gasteiger partial charge on any atom is 0.0622 e. The molecule has 0 amide bonds. The summed E-state index contributed by atoms with van der Waals surface area (Å²) in [5, 5.41) is 0.701. The van der Waals surface area contributed by atoms with Gasteiger partial charge in [-0.3, -0.25) is 4.98 Å². The van der Waals surface area contributed by atoms with E-state index >= 15 is 0 Å². The first-order valence-corrected chi connectivity index (χ1v) is 5.14. The van der Waals surface area contributed by atoms with Crippen LogP contribution in [-0.2, 0) is 6.42 Å². The van der Waals surface area contributed by atoms with E-state index in [1.165, 1.54) is 0 Å². The molecule has 14 heavy (non-hydrogen) atoms. The fourth-order valence-corrected chi connectivity index (χ4v) is 1.28. The topological polar surface area (TPSA) is 38.9 Å². The predicted molar refractivity (Wildman–Crippen MR) is 60.4 cm³/mol. The maximum absolute atomic E-state index is 6.05. The first-order valence-electron chi connectivity index (χ1n) is 4.76. The van der Waals surface area contributed by atoms with E-state index < -0.39 is 0 Å². The van der Waals surface area contributed by atoms with E-state index in [1.807, 2.05) is 12.1 Å². The molecule has 3 heteroatoms. The van der Waals surface area contributed by atoms with Gasteiger partial charge < -0.3 is 5.73 Å². The van der Waals surface area contributed by atoms with E-state index in [0.717, 1.165) is 12.1 Å². The smallest absolute Gasteiger partial charge is 0.0622 e. The minimum absolute atomic E-state index is 0.0786. The van der Waals surface area contributed by atoms with Crippen LogP contribution in [0.4, 0.5) is 0 Å². The van der Waals surface area contributed by atoms with Gasteiger partial charge in [0.05, 0.1) is 10.7 Å². The lowest BCUT2D eigenvalue weighted by atomic mass is 9.85. The minimum atomic E-state index is 0.0786. The molecule has 0 aliphatic carbocycles. The SMILES string of the molecule is CC(C)(C)C(N)Cc1ncccc1Cl. The van der Waals surface area contributed by atoms with Crippen molar-refractivity contribution in [3.63, 3.8) is 0 Å². The summed E-state index contributed by atoms with van der Waals surface area (Å²) in [6, 6.07) is 3.75. The Morgan fingerprint density at radius 3 is 2.64 bits per heavy atom. The second-order valence-corrected chi connectivity index (χ2v) is 5.02. The standard InChI is InChI=1S/C11H17ClN2/c1-11(2,3)10(13)7-9-8(12)5-4-6-14-9/h4-6,10H,7,13H2,1-3H3. The molecule has 0 bridgehead atoms. The molecule has 1 aromatic rings. The van der Waals surface area contributed by atoms with Crippen LogP contribution >= 0.6 is 11.6 Å². The van der Waals surface area contributed by atoms with Crippen molar-refractivity contribution >= 4 is 11.6 Å². The maximum atomic E-state index is 6.05. The third-order valence-electron chi connectivity index (χ3n) is 2.36. The fourth-order valence-electron chi connectivity index (χ4n) is 1.08. The summed E-state index contributed by atoms with van der Waals surface area (Å²) in [6.07, 6.45) is 2.47. The zero-order valence-corrected chi connectivity index (χ0v) is 9.67. The van der Waals surface area contributed by atoms with Crippen LogP contribution in [0.25, 0.3) is 0 Å². The third-order valence-corrected chi connectivity index (χ3v) is 2.70. The predicted octanol–water partition coefficient (Wildman–Crippen LogP) is 2.65. The number of rotatable bonds is 2. The van der Waals surface area contributed by atoms with Gasteiger partial charge in [-0.25, -0.2) is 0 Å². The average Bonchev–Trinajstić information content (AvgIpc) is 2.07. The van der Waals surface area contributed by atoms with Gasteiger partial charge in [0.15, 0.2) is 0 Å². The second kappa shape index (κ2) is 4.28. The zero-order valence-electron chi connectivity index (χ0n) is 8.92. The lowest BCUT2D eigenvalue weighted by Gasteiger charge is -2.26. The molecule has 0 saturated carbocycles. The van der Waals surface area contributed by atoms with Crippen LogP contribution in [0.1, 0.15) is 26.5 Å². The monoisotopic (exact) mass is 212 g/mol. The first kappa shape index (κ1) is 11.5. The molecule has 1 aromatic heterocycles. The van der Waals surface area contributed by atoms with Crippen LogP contribution in [0.3, 0.4) is 0 Å². The van der Waals surface area contributed by atoms with Gasteiger partial charge in [-0.05, 0) is 17.5 Å². The number of hydrogen-bond donors (Lipinski definition) is 1. The molecule has 0 saturated heterocycles. The van der Waals surface area contributed by atoms with Crippen LogP contribution in [0.2, 0.25) is 5.02 Å². The summed E-state index contributed by atoms with van der Waals surface area (Å²) >= 11 is 6.00. The molecule has 1 heterocycles. The van der Waals surface area contributed by atoms with E-state index in [4.69, 9.17) is 17.3 Å². The molecule has 1 unspecified atom stereocenters. The van der Waals surface area contributed by atoms with Gasteiger partial charge in [0.2, 0.25) is 0 Å². The van der Waals surface area contributed by atoms with Crippen LogP contribution in [-0.4, -0.2) is 11.0 Å². The first-order chi connectivity index (χ1) is 6.41. The molecule has 0 aliphatic rings. The van der Waals surface area contributed by atoms with Gasteiger partial charge in [0, 0.05) is 18.7 Å². The zero-order chi connectivity index (χ0) is 10.8. The van der Waals surface area contributed by atoms with E-state index in [0.29, 0.717) is 5.02 Å². The lowest BCUT2D eigenvalue weighted by Crippen LogP contribution is -2.37. The van der Waals surface area contributed by atoms with Crippen molar-refractivity contribution in [3.05, 3.63) is 29.0 Å². The van der Waals surface area contributed by atoms with Crippen molar-refractivity contribution in [2.24, 2.45) is 11.1 Å². The van der Waals surface area contributed by atoms with Crippen molar-refractivity contribution in [1.29, 1.82) is 0 Å². The molecule has 1 atom stereocenters. The van der Waals surface area contributed by atoms with Crippen molar-refractivity contribution in [1.82, 2.24) is 4.98 Å². The van der Waals surface area contributed by atoms with Gasteiger partial charge in [-0.2, -0.15) is 0 Å². The minimum Gasteiger partial charge on any atom is -0.327 e. The normalized spacial score (nSPS) is 14.1. The number of nitrogens with two attached hydrogens (primary N) is 1. The molecule has 1 rings (SSSR count). The fraction of sp³-hybridized carbons (Fsp3) is 0.545. The molecule has 0 spiro atoms. The Morgan fingerprint density at radius 2 is 2.14 bits per heavy atom. The highest BCUT2D eigenvalue weighted by Gasteiger charge is 2.21. The molecule has 0 aliphatic heterocycles. The molecule has 0 aromatic carbocycles. The second-order valence-electron chi connectivity index (χ2n) is 4.61. The molecule has 0 fully saturated rings. The van der Waals surface area contributed by atoms with Crippen molar-refractivity contribution in [2.45, 2.75) is 33.2 Å². The number of hydrogen-bond acceptors (Lipinski definition) is 2. The Balaban J connectivity index is 2.75. The largest absolute Gasteiger partial charge is 0.327 e. The molecule has 0 radical (unpaired) electrons. The number of nitrogens with zero attached hydrogens (tertiary/aromatic N) is 1. The Kier molecular flexibility index (Phi) is 3.51. The summed E-state index contributed by atoms with van der Waals surface area (Å²) in [7, 11) is 0. The highest BCUT2D eigenvalue weighted by molar-refractivity contribution is 6.31. The van der Waals surface area contributed by atoms with Crippen LogP contribution in [0.5, 0.6) is 0 Å². The van der Waals surface area contributed by atoms with E-state index in [-0.39, 0.29) is 11.5 Å². The highest BCUT2D eigenvalue weighted by atomic mass is 35.5. The molecule has 78 valence electrons.